The van der Waals surface area contributed by atoms with Gasteiger partial charge in [0.1, 0.15) is 5.69 Å². The van der Waals surface area contributed by atoms with Gasteiger partial charge in [0.2, 0.25) is 0 Å². The van der Waals surface area contributed by atoms with Gasteiger partial charge in [-0.2, -0.15) is 0 Å². The lowest BCUT2D eigenvalue weighted by Gasteiger charge is -2.17. The van der Waals surface area contributed by atoms with Crippen molar-refractivity contribution < 1.29 is 4.79 Å². The number of aryl methyl sites for hydroxylation is 1. The maximum Gasteiger partial charge on any atom is 0.273 e. The number of rotatable bonds is 3. The molecule has 0 radical (unpaired) electrons. The topological polar surface area (TPSA) is 46.1 Å². The molecule has 4 nitrogen and oxygen atoms in total. The number of carbonyl (C=O) groups excluding carboxylic acids is 1. The Labute approximate surface area is 154 Å². The second-order valence-corrected chi connectivity index (χ2v) is 6.06. The van der Waals surface area contributed by atoms with Crippen molar-refractivity contribution in [2.75, 3.05) is 0 Å². The second kappa shape index (κ2) is 7.91. The molecule has 0 unspecified atom stereocenters. The van der Waals surface area contributed by atoms with Gasteiger partial charge in [0.15, 0.2) is 0 Å². The highest BCUT2D eigenvalue weighted by molar-refractivity contribution is 5.96. The second-order valence-electron chi connectivity index (χ2n) is 6.06. The van der Waals surface area contributed by atoms with Gasteiger partial charge >= 0.3 is 0 Å². The molecule has 0 saturated carbocycles. The minimum Gasteiger partial charge on any atom is -0.329 e. The molecular weight excluding hydrogens is 322 g/mol. The van der Waals surface area contributed by atoms with Gasteiger partial charge in [0.25, 0.3) is 5.91 Å². The quantitative estimate of drug-likeness (QED) is 0.695. The summed E-state index contributed by atoms with van der Waals surface area (Å²) in [5.74, 6) is 0.0151. The van der Waals surface area contributed by atoms with Gasteiger partial charge < -0.3 is 4.90 Å². The molecule has 1 aromatic carbocycles. The third kappa shape index (κ3) is 3.49. The fourth-order valence-electron chi connectivity index (χ4n) is 3.11. The number of fused-ring (bicyclic) bond motifs is 1. The Balaban J connectivity index is 0.000000948. The number of amides is 1. The molecule has 0 fully saturated rings. The lowest BCUT2D eigenvalue weighted by Crippen LogP contribution is -2.24. The summed E-state index contributed by atoms with van der Waals surface area (Å²) < 4.78 is 0. The van der Waals surface area contributed by atoms with E-state index in [1.165, 1.54) is 5.56 Å². The summed E-state index contributed by atoms with van der Waals surface area (Å²) in [5, 5.41) is 0. The summed E-state index contributed by atoms with van der Waals surface area (Å²) in [6, 6.07) is 14.2. The van der Waals surface area contributed by atoms with E-state index in [2.05, 4.69) is 35.1 Å². The molecule has 1 aliphatic rings. The van der Waals surface area contributed by atoms with E-state index >= 15 is 0 Å². The number of nitrogens with zero attached hydrogens (tertiary/aromatic N) is 3. The zero-order valence-corrected chi connectivity index (χ0v) is 15.4. The molecule has 26 heavy (non-hydrogen) atoms. The standard InChI is InChI=1S/C20H17N3O.C2H6/c1-14-10-15(16-4-2-8-21-11-16)6-7-17(14)12-23-13-18-5-3-9-22-19(18)20(23)24;1-2/h2-11H,12-13H2,1H3;1-2H3. The van der Waals surface area contributed by atoms with Crippen LogP contribution in [0.1, 0.15) is 41.0 Å². The van der Waals surface area contributed by atoms with Gasteiger partial charge in [-0.1, -0.05) is 44.2 Å². The summed E-state index contributed by atoms with van der Waals surface area (Å²) >= 11 is 0. The average Bonchev–Trinajstić information content (AvgIpc) is 3.01. The van der Waals surface area contributed by atoms with Crippen LogP contribution in [0.5, 0.6) is 0 Å². The Kier molecular flexibility index (Phi) is 5.42. The van der Waals surface area contributed by atoms with Crippen LogP contribution in [0.25, 0.3) is 11.1 Å². The Hall–Kier alpha value is -3.01. The highest BCUT2D eigenvalue weighted by atomic mass is 16.2. The minimum absolute atomic E-state index is 0.0151. The number of benzene rings is 1. The molecule has 132 valence electrons. The molecule has 3 aromatic rings. The molecule has 0 saturated heterocycles. The van der Waals surface area contributed by atoms with Gasteiger partial charge in [0, 0.05) is 37.2 Å². The molecule has 1 amide bonds. The van der Waals surface area contributed by atoms with Crippen LogP contribution in [0.15, 0.2) is 61.1 Å². The van der Waals surface area contributed by atoms with Crippen molar-refractivity contribution in [3.05, 3.63) is 83.4 Å². The Morgan fingerprint density at radius 1 is 1.04 bits per heavy atom. The third-order valence-electron chi connectivity index (χ3n) is 4.44. The first-order valence-electron chi connectivity index (χ1n) is 8.95. The molecule has 0 bridgehead atoms. The molecule has 0 spiro atoms. The van der Waals surface area contributed by atoms with Crippen molar-refractivity contribution in [2.24, 2.45) is 0 Å². The lowest BCUT2D eigenvalue weighted by atomic mass is 10.0. The highest BCUT2D eigenvalue weighted by Crippen LogP contribution is 2.26. The first-order chi connectivity index (χ1) is 12.7. The summed E-state index contributed by atoms with van der Waals surface area (Å²) in [4.78, 5) is 22.7. The van der Waals surface area contributed by atoms with Crippen LogP contribution >= 0.6 is 0 Å². The molecule has 1 aliphatic heterocycles. The Bertz CT molecular complexity index is 906. The van der Waals surface area contributed by atoms with Gasteiger partial charge in [-0.05, 0) is 41.3 Å². The van der Waals surface area contributed by atoms with E-state index in [0.717, 1.165) is 22.3 Å². The fourth-order valence-corrected chi connectivity index (χ4v) is 3.11. The van der Waals surface area contributed by atoms with Gasteiger partial charge in [-0.15, -0.1) is 0 Å². The molecule has 3 heterocycles. The molecular formula is C22H23N3O. The third-order valence-corrected chi connectivity index (χ3v) is 4.44. The van der Waals surface area contributed by atoms with E-state index < -0.39 is 0 Å². The minimum atomic E-state index is 0.0151. The molecule has 4 rings (SSSR count). The van der Waals surface area contributed by atoms with Crippen LogP contribution in [-0.2, 0) is 13.1 Å². The predicted octanol–water partition coefficient (Wildman–Crippen LogP) is 4.63. The van der Waals surface area contributed by atoms with Crippen LogP contribution in [0.4, 0.5) is 0 Å². The maximum atomic E-state index is 12.5. The smallest absolute Gasteiger partial charge is 0.273 e. The number of aromatic nitrogens is 2. The SMILES string of the molecule is CC.Cc1cc(-c2cccnc2)ccc1CN1Cc2cccnc2C1=O. The summed E-state index contributed by atoms with van der Waals surface area (Å²) in [5.41, 5.74) is 6.16. The average molecular weight is 345 g/mol. The monoisotopic (exact) mass is 345 g/mol. The molecule has 0 aliphatic carbocycles. The zero-order valence-electron chi connectivity index (χ0n) is 15.4. The summed E-state index contributed by atoms with van der Waals surface area (Å²) in [7, 11) is 0. The lowest BCUT2D eigenvalue weighted by molar-refractivity contribution is 0.0762. The zero-order chi connectivity index (χ0) is 18.5. The molecule has 0 atom stereocenters. The van der Waals surface area contributed by atoms with Crippen LogP contribution < -0.4 is 0 Å². The van der Waals surface area contributed by atoms with E-state index in [0.29, 0.717) is 18.8 Å². The number of carbonyl (C=O) groups is 1. The van der Waals surface area contributed by atoms with Gasteiger partial charge in [-0.25, -0.2) is 0 Å². The van der Waals surface area contributed by atoms with Crippen LogP contribution in [0.2, 0.25) is 0 Å². The van der Waals surface area contributed by atoms with Crippen molar-refractivity contribution in [1.82, 2.24) is 14.9 Å². The van der Waals surface area contributed by atoms with Gasteiger partial charge in [0.05, 0.1) is 0 Å². The Morgan fingerprint density at radius 2 is 1.85 bits per heavy atom. The normalized spacial score (nSPS) is 12.4. The van der Waals surface area contributed by atoms with Crippen LogP contribution in [0.3, 0.4) is 0 Å². The van der Waals surface area contributed by atoms with E-state index in [9.17, 15) is 4.79 Å². The molecule has 2 aromatic heterocycles. The molecule has 0 N–H and O–H groups in total. The number of pyridine rings is 2. The van der Waals surface area contributed by atoms with Crippen molar-refractivity contribution in [1.29, 1.82) is 0 Å². The van der Waals surface area contributed by atoms with E-state index in [4.69, 9.17) is 0 Å². The highest BCUT2D eigenvalue weighted by Gasteiger charge is 2.28. The number of hydrogen-bond donors (Lipinski definition) is 0. The Morgan fingerprint density at radius 3 is 2.54 bits per heavy atom. The van der Waals surface area contributed by atoms with Crippen LogP contribution in [0, 0.1) is 6.92 Å². The first kappa shape index (κ1) is 17.8. The van der Waals surface area contributed by atoms with Crippen molar-refractivity contribution in [3.63, 3.8) is 0 Å². The maximum absolute atomic E-state index is 12.5. The number of hydrogen-bond acceptors (Lipinski definition) is 3. The van der Waals surface area contributed by atoms with E-state index in [1.807, 2.05) is 49.2 Å². The van der Waals surface area contributed by atoms with E-state index in [-0.39, 0.29) is 5.91 Å². The first-order valence-corrected chi connectivity index (χ1v) is 8.95. The van der Waals surface area contributed by atoms with E-state index in [1.54, 1.807) is 12.4 Å². The summed E-state index contributed by atoms with van der Waals surface area (Å²) in [6.45, 7) is 7.32. The largest absolute Gasteiger partial charge is 0.329 e. The van der Waals surface area contributed by atoms with Crippen molar-refractivity contribution in [3.8, 4) is 11.1 Å². The summed E-state index contributed by atoms with van der Waals surface area (Å²) in [6.07, 6.45) is 5.31. The molecule has 4 heteroatoms. The fraction of sp³-hybridized carbons (Fsp3) is 0.227. The van der Waals surface area contributed by atoms with Gasteiger partial charge in [-0.3, -0.25) is 14.8 Å². The predicted molar refractivity (Wildman–Crippen MR) is 104 cm³/mol. The van der Waals surface area contributed by atoms with Crippen molar-refractivity contribution in [2.45, 2.75) is 33.9 Å². The van der Waals surface area contributed by atoms with Crippen LogP contribution in [-0.4, -0.2) is 20.8 Å². The van der Waals surface area contributed by atoms with Crippen molar-refractivity contribution >= 4 is 5.91 Å².